The monoisotopic (exact) mass is 1440 g/mol. The molecule has 0 unspecified atom stereocenters. The lowest BCUT2D eigenvalue weighted by molar-refractivity contribution is 0.794. The molecule has 16 aromatic carbocycles. The molecule has 0 amide bonds. The van der Waals surface area contributed by atoms with Gasteiger partial charge < -0.3 is 0 Å². The zero-order valence-corrected chi connectivity index (χ0v) is 61.4. The number of hydrogen-bond acceptors (Lipinski definition) is 6. The molecule has 0 fully saturated rings. The molecular formula is C107H68N6. The van der Waals surface area contributed by atoms with Gasteiger partial charge in [-0.15, -0.1) is 0 Å². The van der Waals surface area contributed by atoms with Crippen LogP contribution in [0, 0.1) is 0 Å². The van der Waals surface area contributed by atoms with Crippen LogP contribution in [0.15, 0.2) is 413 Å². The minimum absolute atomic E-state index is 0.453. The van der Waals surface area contributed by atoms with Crippen molar-refractivity contribution in [2.24, 2.45) is 0 Å². The third-order valence-electron chi connectivity index (χ3n) is 22.8. The Morgan fingerprint density at radius 1 is 0.177 bits per heavy atom. The van der Waals surface area contributed by atoms with E-state index in [1.165, 1.54) is 105 Å². The second-order valence-electron chi connectivity index (χ2n) is 29.1. The first-order chi connectivity index (χ1) is 56.0. The van der Waals surface area contributed by atoms with Gasteiger partial charge in [-0.2, -0.15) is 0 Å². The molecule has 0 bridgehead atoms. The van der Waals surface area contributed by atoms with E-state index in [4.69, 9.17) is 19.9 Å². The van der Waals surface area contributed by atoms with Crippen LogP contribution >= 0.6 is 0 Å². The molecule has 4 aromatic heterocycles. The molecule has 0 saturated carbocycles. The van der Waals surface area contributed by atoms with Gasteiger partial charge >= 0.3 is 0 Å². The average Bonchev–Trinajstić information content (AvgIpc) is 1.51. The van der Waals surface area contributed by atoms with Crippen LogP contribution < -0.4 is 0 Å². The molecule has 113 heavy (non-hydrogen) atoms. The molecular weight excluding hydrogens is 1370 g/mol. The fourth-order valence-corrected chi connectivity index (χ4v) is 17.7. The highest BCUT2D eigenvalue weighted by Crippen LogP contribution is 2.63. The molecule has 20 aromatic rings. The normalized spacial score (nSPS) is 12.1. The maximum Gasteiger partial charge on any atom is 0.161 e. The number of rotatable bonds is 11. The van der Waals surface area contributed by atoms with Crippen LogP contribution in [0.1, 0.15) is 22.3 Å². The van der Waals surface area contributed by atoms with Crippen LogP contribution in [0.3, 0.4) is 0 Å². The number of hydrogen-bond donors (Lipinski definition) is 0. The fraction of sp³-hybridized carbons (Fsp3) is 0.00935. The summed E-state index contributed by atoms with van der Waals surface area (Å²) in [5, 5.41) is 9.50. The van der Waals surface area contributed by atoms with Crippen LogP contribution in [0.2, 0.25) is 0 Å². The molecule has 22 rings (SSSR count). The van der Waals surface area contributed by atoms with E-state index in [0.29, 0.717) is 11.6 Å². The van der Waals surface area contributed by atoms with E-state index >= 15 is 0 Å². The van der Waals surface area contributed by atoms with Crippen LogP contribution in [0.25, 0.3) is 189 Å². The Morgan fingerprint density at radius 3 is 1.03 bits per heavy atom. The summed E-state index contributed by atoms with van der Waals surface area (Å²) in [6.45, 7) is 0. The van der Waals surface area contributed by atoms with Gasteiger partial charge in [0.05, 0.1) is 28.2 Å². The zero-order chi connectivity index (χ0) is 74.8. The van der Waals surface area contributed by atoms with E-state index in [9.17, 15) is 0 Å². The minimum atomic E-state index is -0.453. The highest BCUT2D eigenvalue weighted by atomic mass is 14.9. The van der Waals surface area contributed by atoms with Gasteiger partial charge in [0.25, 0.3) is 0 Å². The first-order valence-electron chi connectivity index (χ1n) is 38.4. The van der Waals surface area contributed by atoms with Crippen molar-refractivity contribution in [2.45, 2.75) is 5.41 Å². The molecule has 0 aliphatic heterocycles. The predicted molar refractivity (Wildman–Crippen MR) is 466 cm³/mol. The van der Waals surface area contributed by atoms with Crippen LogP contribution in [-0.2, 0) is 5.41 Å². The lowest BCUT2D eigenvalue weighted by atomic mass is 9.70. The summed E-state index contributed by atoms with van der Waals surface area (Å²) in [5.41, 5.74) is 30.9. The molecule has 0 radical (unpaired) electrons. The van der Waals surface area contributed by atoms with E-state index in [1.54, 1.807) is 6.20 Å². The molecule has 2 aliphatic rings. The number of aromatic nitrogens is 6. The van der Waals surface area contributed by atoms with Gasteiger partial charge in [-0.1, -0.05) is 340 Å². The van der Waals surface area contributed by atoms with Crippen LogP contribution in [-0.4, -0.2) is 29.9 Å². The quantitative estimate of drug-likeness (QED) is 0.120. The van der Waals surface area contributed by atoms with Crippen molar-refractivity contribution in [1.82, 2.24) is 29.9 Å². The van der Waals surface area contributed by atoms with Gasteiger partial charge in [-0.05, 0) is 181 Å². The lowest BCUT2D eigenvalue weighted by Crippen LogP contribution is -2.25. The van der Waals surface area contributed by atoms with Crippen LogP contribution in [0.4, 0.5) is 0 Å². The highest BCUT2D eigenvalue weighted by Gasteiger charge is 2.51. The highest BCUT2D eigenvalue weighted by molar-refractivity contribution is 6.21. The summed E-state index contributed by atoms with van der Waals surface area (Å²) in [5.74, 6) is 1.38. The Labute approximate surface area is 655 Å². The number of nitrogens with zero attached hydrogens (tertiary/aromatic N) is 6. The second-order valence-corrected chi connectivity index (χ2v) is 29.1. The summed E-state index contributed by atoms with van der Waals surface area (Å²) in [4.78, 5) is 30.4. The molecule has 2 aliphatic carbocycles. The molecule has 4 heterocycles. The van der Waals surface area contributed by atoms with Crippen LogP contribution in [0.5, 0.6) is 0 Å². The third kappa shape index (κ3) is 11.6. The second kappa shape index (κ2) is 27.9. The molecule has 0 atom stereocenters. The van der Waals surface area contributed by atoms with Crippen molar-refractivity contribution >= 4 is 43.1 Å². The van der Waals surface area contributed by atoms with Crippen molar-refractivity contribution in [2.75, 3.05) is 0 Å². The zero-order valence-electron chi connectivity index (χ0n) is 61.4. The number of fused-ring (bicyclic) bond motifs is 14. The first-order valence-corrected chi connectivity index (χ1v) is 38.4. The van der Waals surface area contributed by atoms with Gasteiger partial charge in [0.15, 0.2) is 11.6 Å². The lowest BCUT2D eigenvalue weighted by Gasteiger charge is -2.30. The predicted octanol–water partition coefficient (Wildman–Crippen LogP) is 27.0. The average molecular weight is 1440 g/mol. The Morgan fingerprint density at radius 2 is 0.522 bits per heavy atom. The van der Waals surface area contributed by atoms with E-state index in [0.717, 1.165) is 94.7 Å². The summed E-state index contributed by atoms with van der Waals surface area (Å²) in [6.07, 6.45) is 7.43. The maximum absolute atomic E-state index is 5.46. The molecule has 1 spiro atoms. The standard InChI is InChI=1S/C56H35N3.C51H33N3/c1-2-17-43-36(12-1)13-10-21-44(43)37-25-27-38(28-26-37)53-34-54(40-15-9-14-39(32-40)42-16-11-31-57-35-42)59-55(58-53)41-29-30-48-47-20-5-8-24-51(47)56(52(48)33-41)49-22-6-3-18-45(49)46-19-4-7-23-50(46)56;1-2-15-35(16-3-1)49-43-24-6-8-26-45(43)50(46-27-9-7-25-44(46)49)51-53-47(38-20-10-18-36(30-38)40-22-13-29-52-33-40)32-48(54-51)39-21-11-19-37(31-39)42-28-12-17-34-14-4-5-23-41(34)42/h1-35H;1-33H. The number of pyridine rings is 2. The SMILES string of the molecule is c1ccc(-c2c3ccccc3c(-c3nc(-c4cccc(-c5cccnc5)c4)cc(-c4cccc(-c5cccc6ccccc56)c4)n3)c3ccccc23)cc1.c1cncc(-c2cccc(-c3cc(-c4ccc(-c5cccc6ccccc56)cc4)nc(-c4ccc5c(c4)C4(c6ccccc6-c6ccccc64)c4ccccc4-5)n3)c2)c1. The third-order valence-corrected chi connectivity index (χ3v) is 22.8. The van der Waals surface area contributed by atoms with E-state index in [1.807, 2.05) is 30.7 Å². The summed E-state index contributed by atoms with van der Waals surface area (Å²) in [7, 11) is 0. The Balaban J connectivity index is 0.000000143. The van der Waals surface area contributed by atoms with E-state index in [-0.39, 0.29) is 0 Å². The largest absolute Gasteiger partial charge is 0.264 e. The van der Waals surface area contributed by atoms with Gasteiger partial charge in [-0.3, -0.25) is 9.97 Å². The van der Waals surface area contributed by atoms with Crippen molar-refractivity contribution in [3.05, 3.63) is 435 Å². The van der Waals surface area contributed by atoms with Gasteiger partial charge in [0.1, 0.15) is 0 Å². The first kappa shape index (κ1) is 66.2. The Bertz CT molecular complexity index is 6990. The van der Waals surface area contributed by atoms with Gasteiger partial charge in [0, 0.05) is 69.3 Å². The van der Waals surface area contributed by atoms with Crippen molar-refractivity contribution in [3.8, 4) is 146 Å². The fourth-order valence-electron chi connectivity index (χ4n) is 17.7. The summed E-state index contributed by atoms with van der Waals surface area (Å²) >= 11 is 0. The minimum Gasteiger partial charge on any atom is -0.264 e. The van der Waals surface area contributed by atoms with Crippen molar-refractivity contribution in [1.29, 1.82) is 0 Å². The smallest absolute Gasteiger partial charge is 0.161 e. The van der Waals surface area contributed by atoms with E-state index < -0.39 is 5.41 Å². The molecule has 6 heteroatoms. The summed E-state index contributed by atoms with van der Waals surface area (Å²) in [6, 6.07) is 139. The number of benzene rings is 16. The Kier molecular flexibility index (Phi) is 16.4. The topological polar surface area (TPSA) is 77.3 Å². The van der Waals surface area contributed by atoms with Crippen molar-refractivity contribution in [3.63, 3.8) is 0 Å². The van der Waals surface area contributed by atoms with Crippen molar-refractivity contribution < 1.29 is 0 Å². The van der Waals surface area contributed by atoms with E-state index in [2.05, 4.69) is 386 Å². The van der Waals surface area contributed by atoms with Gasteiger partial charge in [-0.25, -0.2) is 19.9 Å². The molecule has 6 nitrogen and oxygen atoms in total. The summed E-state index contributed by atoms with van der Waals surface area (Å²) < 4.78 is 0. The maximum atomic E-state index is 5.46. The Hall–Kier alpha value is -15.0. The molecule has 0 N–H and O–H groups in total. The molecule has 0 saturated heterocycles. The molecule has 526 valence electrons. The van der Waals surface area contributed by atoms with Gasteiger partial charge in [0.2, 0.25) is 0 Å².